The lowest BCUT2D eigenvalue weighted by molar-refractivity contribution is -0.885. The van der Waals surface area contributed by atoms with Gasteiger partial charge in [-0.25, -0.2) is 0 Å². The van der Waals surface area contributed by atoms with E-state index in [-0.39, 0.29) is 29.8 Å². The summed E-state index contributed by atoms with van der Waals surface area (Å²) < 4.78 is 1.39. The summed E-state index contributed by atoms with van der Waals surface area (Å²) in [6.45, 7) is 6.15. The van der Waals surface area contributed by atoms with Crippen LogP contribution in [0.25, 0.3) is 0 Å². The van der Waals surface area contributed by atoms with Crippen molar-refractivity contribution >= 4 is 11.8 Å². The number of fused-ring (bicyclic) bond motifs is 1. The molecule has 2 amide bonds. The summed E-state index contributed by atoms with van der Waals surface area (Å²) in [5, 5.41) is 0. The van der Waals surface area contributed by atoms with E-state index in [0.717, 1.165) is 0 Å². The summed E-state index contributed by atoms with van der Waals surface area (Å²) in [6, 6.07) is 1.31. The SMILES string of the molecule is CO[n+]1ccc2c(c1)C(=O)N(C[C@@H](N)C(C)(C)C)C2=O. The number of nitrogens with zero attached hydrogens (tertiary/aromatic N) is 2. The van der Waals surface area contributed by atoms with E-state index in [4.69, 9.17) is 10.6 Å². The smallest absolute Gasteiger partial charge is 0.267 e. The van der Waals surface area contributed by atoms with Crippen molar-refractivity contribution in [3.8, 4) is 0 Å². The molecule has 1 aromatic heterocycles. The van der Waals surface area contributed by atoms with Crippen LogP contribution in [0, 0.1) is 5.41 Å². The molecule has 0 unspecified atom stereocenters. The van der Waals surface area contributed by atoms with Crippen LogP contribution in [0.1, 0.15) is 41.5 Å². The van der Waals surface area contributed by atoms with Gasteiger partial charge in [-0.1, -0.05) is 20.8 Å². The Bertz CT molecular complexity index is 563. The molecule has 6 heteroatoms. The topological polar surface area (TPSA) is 76.5 Å². The molecule has 1 atom stereocenters. The number of carbonyl (C=O) groups is 2. The van der Waals surface area contributed by atoms with Crippen molar-refractivity contribution in [2.45, 2.75) is 26.8 Å². The highest BCUT2D eigenvalue weighted by atomic mass is 16.6. The van der Waals surface area contributed by atoms with Gasteiger partial charge < -0.3 is 5.73 Å². The molecule has 0 bridgehead atoms. The highest BCUT2D eigenvalue weighted by Gasteiger charge is 2.40. The van der Waals surface area contributed by atoms with Crippen molar-refractivity contribution in [1.29, 1.82) is 0 Å². The summed E-state index contributed by atoms with van der Waals surface area (Å²) in [7, 11) is 1.49. The molecule has 1 aliphatic heterocycles. The summed E-state index contributed by atoms with van der Waals surface area (Å²) in [6.07, 6.45) is 3.11. The van der Waals surface area contributed by atoms with Crippen LogP contribution in [0.3, 0.4) is 0 Å². The molecule has 0 saturated carbocycles. The third kappa shape index (κ3) is 2.38. The standard InChI is InChI=1S/C14H20N3O3/c1-14(2,3)11(15)8-17-12(18)9-5-6-16(20-4)7-10(9)13(17)19/h5-7,11H,8,15H2,1-4H3/q+1/t11-/m1/s1. The van der Waals surface area contributed by atoms with Crippen LogP contribution in [-0.2, 0) is 0 Å². The number of rotatable bonds is 3. The summed E-state index contributed by atoms with van der Waals surface area (Å²) >= 11 is 0. The van der Waals surface area contributed by atoms with Gasteiger partial charge in [0.1, 0.15) is 12.7 Å². The predicted octanol–water partition coefficient (Wildman–Crippen LogP) is 0.00190. The zero-order valence-corrected chi connectivity index (χ0v) is 12.2. The molecular weight excluding hydrogens is 258 g/mol. The van der Waals surface area contributed by atoms with Crippen molar-refractivity contribution < 1.29 is 19.2 Å². The van der Waals surface area contributed by atoms with E-state index in [1.165, 1.54) is 22.9 Å². The predicted molar refractivity (Wildman–Crippen MR) is 71.9 cm³/mol. The maximum Gasteiger partial charge on any atom is 0.267 e. The number of hydrogen-bond acceptors (Lipinski definition) is 4. The molecular formula is C14H20N3O3+. The number of nitrogens with two attached hydrogens (primary N) is 1. The van der Waals surface area contributed by atoms with E-state index in [0.29, 0.717) is 11.1 Å². The number of aromatic nitrogens is 1. The molecule has 0 fully saturated rings. The molecule has 6 nitrogen and oxygen atoms in total. The first-order chi connectivity index (χ1) is 9.25. The quantitative estimate of drug-likeness (QED) is 0.624. The molecule has 2 N–H and O–H groups in total. The fraction of sp³-hybridized carbons (Fsp3) is 0.500. The van der Waals surface area contributed by atoms with Gasteiger partial charge in [0, 0.05) is 23.4 Å². The first-order valence-corrected chi connectivity index (χ1v) is 6.47. The second kappa shape index (κ2) is 4.86. The molecule has 20 heavy (non-hydrogen) atoms. The Morgan fingerprint density at radius 3 is 2.45 bits per heavy atom. The van der Waals surface area contributed by atoms with E-state index >= 15 is 0 Å². The minimum Gasteiger partial charge on any atom is -0.326 e. The normalized spacial score (nSPS) is 16.4. The van der Waals surface area contributed by atoms with Gasteiger partial charge in [0.15, 0.2) is 0 Å². The molecule has 0 spiro atoms. The lowest BCUT2D eigenvalue weighted by Crippen LogP contribution is -2.47. The monoisotopic (exact) mass is 278 g/mol. The molecule has 1 aliphatic rings. The summed E-state index contributed by atoms with van der Waals surface area (Å²) in [5.74, 6) is -0.621. The lowest BCUT2D eigenvalue weighted by Gasteiger charge is -2.29. The van der Waals surface area contributed by atoms with Crippen LogP contribution < -0.4 is 15.3 Å². The van der Waals surface area contributed by atoms with Crippen LogP contribution in [-0.4, -0.2) is 36.4 Å². The average Bonchev–Trinajstić information content (AvgIpc) is 2.62. The minimum absolute atomic E-state index is 0.179. The summed E-state index contributed by atoms with van der Waals surface area (Å²) in [5.41, 5.74) is 6.63. The van der Waals surface area contributed by atoms with E-state index in [2.05, 4.69) is 0 Å². The first-order valence-electron chi connectivity index (χ1n) is 6.47. The average molecular weight is 278 g/mol. The highest BCUT2D eigenvalue weighted by Crippen LogP contribution is 2.24. The molecule has 108 valence electrons. The van der Waals surface area contributed by atoms with Crippen LogP contribution in [0.5, 0.6) is 0 Å². The maximum atomic E-state index is 12.3. The van der Waals surface area contributed by atoms with Gasteiger partial charge in [-0.05, 0) is 5.41 Å². The zero-order valence-electron chi connectivity index (χ0n) is 12.2. The Balaban J connectivity index is 2.28. The molecule has 2 heterocycles. The van der Waals surface area contributed by atoms with Gasteiger partial charge in [-0.2, -0.15) is 0 Å². The maximum absolute atomic E-state index is 12.3. The molecule has 2 rings (SSSR count). The molecule has 0 aliphatic carbocycles. The summed E-state index contributed by atoms with van der Waals surface area (Å²) in [4.78, 5) is 30.8. The Morgan fingerprint density at radius 1 is 1.30 bits per heavy atom. The Kier molecular flexibility index (Phi) is 3.52. The lowest BCUT2D eigenvalue weighted by atomic mass is 9.87. The van der Waals surface area contributed by atoms with Crippen molar-refractivity contribution in [3.63, 3.8) is 0 Å². The third-order valence-electron chi connectivity index (χ3n) is 3.59. The molecule has 0 aromatic carbocycles. The van der Waals surface area contributed by atoms with Crippen LogP contribution in [0.4, 0.5) is 0 Å². The zero-order chi connectivity index (χ0) is 15.1. The number of amides is 2. The fourth-order valence-corrected chi connectivity index (χ4v) is 1.97. The van der Waals surface area contributed by atoms with Gasteiger partial charge >= 0.3 is 0 Å². The van der Waals surface area contributed by atoms with Crippen molar-refractivity contribution in [2.75, 3.05) is 13.7 Å². The Morgan fingerprint density at radius 2 is 1.90 bits per heavy atom. The number of pyridine rings is 1. The second-order valence-corrected chi connectivity index (χ2v) is 6.01. The number of carbonyl (C=O) groups excluding carboxylic acids is 2. The molecule has 0 radical (unpaired) electrons. The van der Waals surface area contributed by atoms with Crippen LogP contribution in [0.2, 0.25) is 0 Å². The van der Waals surface area contributed by atoms with Gasteiger partial charge in [0.25, 0.3) is 11.8 Å². The Labute approximate surface area is 118 Å². The largest absolute Gasteiger partial charge is 0.326 e. The van der Waals surface area contributed by atoms with E-state index in [9.17, 15) is 9.59 Å². The van der Waals surface area contributed by atoms with Gasteiger partial charge in [0.2, 0.25) is 12.4 Å². The van der Waals surface area contributed by atoms with Crippen LogP contribution in [0.15, 0.2) is 18.5 Å². The van der Waals surface area contributed by atoms with E-state index < -0.39 is 0 Å². The van der Waals surface area contributed by atoms with E-state index in [1.807, 2.05) is 20.8 Å². The number of hydrogen-bond donors (Lipinski definition) is 1. The van der Waals surface area contributed by atoms with Gasteiger partial charge in [-0.3, -0.25) is 19.3 Å². The fourth-order valence-electron chi connectivity index (χ4n) is 1.97. The second-order valence-electron chi connectivity index (χ2n) is 6.01. The highest BCUT2D eigenvalue weighted by molar-refractivity contribution is 6.21. The van der Waals surface area contributed by atoms with Crippen molar-refractivity contribution in [3.05, 3.63) is 29.6 Å². The minimum atomic E-state index is -0.323. The first kappa shape index (κ1) is 14.5. The molecule has 1 aromatic rings. The van der Waals surface area contributed by atoms with Gasteiger partial charge in [0.05, 0.1) is 5.56 Å². The third-order valence-corrected chi connectivity index (χ3v) is 3.59. The number of imide groups is 1. The Hall–Kier alpha value is -1.95. The molecule has 0 saturated heterocycles. The van der Waals surface area contributed by atoms with Crippen LogP contribution >= 0.6 is 0 Å². The van der Waals surface area contributed by atoms with Crippen molar-refractivity contribution in [1.82, 2.24) is 4.90 Å². The van der Waals surface area contributed by atoms with Gasteiger partial charge in [-0.15, -0.1) is 0 Å². The van der Waals surface area contributed by atoms with E-state index in [1.54, 1.807) is 12.3 Å². The van der Waals surface area contributed by atoms with Crippen molar-refractivity contribution in [2.24, 2.45) is 11.1 Å².